The molecule has 0 saturated carbocycles. The van der Waals surface area contributed by atoms with Crippen molar-refractivity contribution in [2.45, 2.75) is 6.92 Å². The van der Waals surface area contributed by atoms with E-state index in [9.17, 15) is 13.6 Å². The Morgan fingerprint density at radius 2 is 1.93 bits per heavy atom. The van der Waals surface area contributed by atoms with Gasteiger partial charge in [-0.2, -0.15) is 0 Å². The van der Waals surface area contributed by atoms with Crippen LogP contribution in [0.4, 0.5) is 14.6 Å². The summed E-state index contributed by atoms with van der Waals surface area (Å²) < 4.78 is 32.6. The molecular weight excluding hydrogens is 386 g/mol. The predicted octanol–water partition coefficient (Wildman–Crippen LogP) is 4.70. The summed E-state index contributed by atoms with van der Waals surface area (Å²) in [6.45, 7) is 1.96. The van der Waals surface area contributed by atoms with E-state index in [2.05, 4.69) is 20.3 Å². The van der Waals surface area contributed by atoms with Gasteiger partial charge < -0.3 is 9.73 Å². The number of amides is 1. The second-order valence-corrected chi connectivity index (χ2v) is 6.88. The number of carbonyl (C=O) groups is 1. The zero-order valence-corrected chi connectivity index (χ0v) is 15.3. The molecule has 0 aromatic carbocycles. The first-order chi connectivity index (χ1) is 13.5. The number of anilines is 1. The van der Waals surface area contributed by atoms with Gasteiger partial charge in [-0.05, 0) is 30.7 Å². The van der Waals surface area contributed by atoms with Gasteiger partial charge >= 0.3 is 0 Å². The van der Waals surface area contributed by atoms with Crippen LogP contribution in [0.3, 0.4) is 0 Å². The highest BCUT2D eigenvalue weighted by Gasteiger charge is 2.18. The maximum Gasteiger partial charge on any atom is 0.262 e. The molecule has 0 aliphatic rings. The van der Waals surface area contributed by atoms with Crippen LogP contribution in [0, 0.1) is 18.6 Å². The number of thiophene rings is 1. The van der Waals surface area contributed by atoms with Gasteiger partial charge in [-0.3, -0.25) is 9.78 Å². The quantitative estimate of drug-likeness (QED) is 0.539. The Kier molecular flexibility index (Phi) is 4.66. The Labute approximate surface area is 161 Å². The molecule has 140 valence electrons. The molecule has 1 N–H and O–H groups in total. The molecule has 4 aromatic heterocycles. The maximum absolute atomic E-state index is 13.7. The highest BCUT2D eigenvalue weighted by molar-refractivity contribution is 7.19. The fourth-order valence-electron chi connectivity index (χ4n) is 2.63. The van der Waals surface area contributed by atoms with Crippen LogP contribution in [0.1, 0.15) is 15.9 Å². The first-order valence-electron chi connectivity index (χ1n) is 8.10. The molecule has 0 radical (unpaired) electrons. The summed E-state index contributed by atoms with van der Waals surface area (Å²) in [6.07, 6.45) is 6.22. The van der Waals surface area contributed by atoms with Crippen molar-refractivity contribution in [3.63, 3.8) is 0 Å². The second kappa shape index (κ2) is 7.28. The van der Waals surface area contributed by atoms with Crippen LogP contribution in [-0.2, 0) is 0 Å². The maximum atomic E-state index is 13.7. The molecule has 0 saturated heterocycles. The molecule has 0 bridgehead atoms. The van der Waals surface area contributed by atoms with Crippen LogP contribution < -0.4 is 5.32 Å². The van der Waals surface area contributed by atoms with Crippen molar-refractivity contribution < 1.29 is 18.0 Å². The van der Waals surface area contributed by atoms with Crippen LogP contribution >= 0.6 is 11.3 Å². The number of rotatable bonds is 4. The van der Waals surface area contributed by atoms with E-state index < -0.39 is 23.1 Å². The van der Waals surface area contributed by atoms with Gasteiger partial charge in [-0.15, -0.1) is 11.3 Å². The van der Waals surface area contributed by atoms with Crippen molar-refractivity contribution in [2.75, 3.05) is 5.32 Å². The molecule has 1 amide bonds. The number of pyridine rings is 2. The lowest BCUT2D eigenvalue weighted by molar-refractivity contribution is 0.101. The lowest BCUT2D eigenvalue weighted by Crippen LogP contribution is -2.16. The van der Waals surface area contributed by atoms with Gasteiger partial charge in [0.05, 0.1) is 23.5 Å². The van der Waals surface area contributed by atoms with Gasteiger partial charge in [0.15, 0.2) is 11.6 Å². The van der Waals surface area contributed by atoms with E-state index in [0.717, 1.165) is 33.3 Å². The van der Waals surface area contributed by atoms with Crippen LogP contribution in [0.25, 0.3) is 21.2 Å². The number of aromatic nitrogens is 3. The number of halogens is 2. The summed E-state index contributed by atoms with van der Waals surface area (Å²) in [5, 5.41) is 2.38. The standard InChI is InChI=1S/C19H12F2N4O2S/c1-10-6-14(19-23-4-5-27-19)28-17(10)11-2-3-15(24-7-11)25-18(26)16-12(20)8-22-9-13(16)21/h2-9H,1H3,(H,24,25,26). The number of nitrogens with zero attached hydrogens (tertiary/aromatic N) is 3. The van der Waals surface area contributed by atoms with Crippen molar-refractivity contribution in [1.82, 2.24) is 15.0 Å². The average Bonchev–Trinajstić information content (AvgIpc) is 3.32. The van der Waals surface area contributed by atoms with Crippen LogP contribution in [0.5, 0.6) is 0 Å². The van der Waals surface area contributed by atoms with Crippen molar-refractivity contribution in [3.05, 3.63) is 72.0 Å². The summed E-state index contributed by atoms with van der Waals surface area (Å²) in [6, 6.07) is 5.30. The van der Waals surface area contributed by atoms with Gasteiger partial charge in [0.2, 0.25) is 5.89 Å². The lowest BCUT2D eigenvalue weighted by Gasteiger charge is -2.07. The first-order valence-corrected chi connectivity index (χ1v) is 8.91. The molecule has 0 spiro atoms. The van der Waals surface area contributed by atoms with E-state index >= 15 is 0 Å². The highest BCUT2D eigenvalue weighted by Crippen LogP contribution is 2.37. The van der Waals surface area contributed by atoms with E-state index in [1.807, 2.05) is 13.0 Å². The fraction of sp³-hybridized carbons (Fsp3) is 0.0526. The molecule has 0 unspecified atom stereocenters. The second-order valence-electron chi connectivity index (χ2n) is 5.82. The number of nitrogens with one attached hydrogen (secondary N) is 1. The van der Waals surface area contributed by atoms with Gasteiger partial charge in [0.25, 0.3) is 5.91 Å². The summed E-state index contributed by atoms with van der Waals surface area (Å²) in [5.74, 6) is -2.30. The van der Waals surface area contributed by atoms with Crippen LogP contribution in [-0.4, -0.2) is 20.9 Å². The van der Waals surface area contributed by atoms with Crippen molar-refractivity contribution >= 4 is 23.1 Å². The summed E-state index contributed by atoms with van der Waals surface area (Å²) >= 11 is 1.50. The third kappa shape index (κ3) is 3.39. The molecule has 0 atom stereocenters. The zero-order valence-electron chi connectivity index (χ0n) is 14.4. The molecule has 4 rings (SSSR count). The van der Waals surface area contributed by atoms with Gasteiger partial charge in [-0.25, -0.2) is 18.7 Å². The van der Waals surface area contributed by atoms with Crippen molar-refractivity contribution in [3.8, 4) is 21.2 Å². The Hall–Kier alpha value is -3.46. The lowest BCUT2D eigenvalue weighted by atomic mass is 10.1. The number of carbonyl (C=O) groups excluding carboxylic acids is 1. The van der Waals surface area contributed by atoms with E-state index in [1.165, 1.54) is 17.6 Å². The predicted molar refractivity (Wildman–Crippen MR) is 99.9 cm³/mol. The molecular formula is C19H12F2N4O2S. The normalized spacial score (nSPS) is 10.8. The Morgan fingerprint density at radius 3 is 2.57 bits per heavy atom. The summed E-state index contributed by atoms with van der Waals surface area (Å²) in [7, 11) is 0. The van der Waals surface area contributed by atoms with E-state index in [0.29, 0.717) is 5.89 Å². The number of hydrogen-bond acceptors (Lipinski definition) is 6. The number of aryl methyl sites for hydroxylation is 1. The van der Waals surface area contributed by atoms with Crippen LogP contribution in [0.15, 0.2) is 53.7 Å². The molecule has 9 heteroatoms. The SMILES string of the molecule is Cc1cc(-c2ncco2)sc1-c1ccc(NC(=O)c2c(F)cncc2F)nc1. The molecule has 4 aromatic rings. The smallest absolute Gasteiger partial charge is 0.262 e. The largest absolute Gasteiger partial charge is 0.444 e. The van der Waals surface area contributed by atoms with Crippen molar-refractivity contribution in [2.24, 2.45) is 0 Å². The fourth-order valence-corrected chi connectivity index (χ4v) is 3.73. The third-order valence-corrected chi connectivity index (χ3v) is 5.18. The molecule has 28 heavy (non-hydrogen) atoms. The Morgan fingerprint density at radius 1 is 1.14 bits per heavy atom. The highest BCUT2D eigenvalue weighted by atomic mass is 32.1. The summed E-state index contributed by atoms with van der Waals surface area (Å²) in [5.41, 5.74) is 1.16. The van der Waals surface area contributed by atoms with E-state index in [4.69, 9.17) is 4.42 Å². The molecule has 0 aliphatic heterocycles. The van der Waals surface area contributed by atoms with E-state index in [-0.39, 0.29) is 5.82 Å². The van der Waals surface area contributed by atoms with Gasteiger partial charge in [0.1, 0.15) is 17.6 Å². The first kappa shape index (κ1) is 17.9. The van der Waals surface area contributed by atoms with Crippen molar-refractivity contribution in [1.29, 1.82) is 0 Å². The Balaban J connectivity index is 1.56. The average molecular weight is 398 g/mol. The van der Waals surface area contributed by atoms with Gasteiger partial charge in [-0.1, -0.05) is 0 Å². The number of oxazole rings is 1. The monoisotopic (exact) mass is 398 g/mol. The topological polar surface area (TPSA) is 80.9 Å². The third-order valence-electron chi connectivity index (χ3n) is 3.91. The van der Waals surface area contributed by atoms with Crippen LogP contribution in [0.2, 0.25) is 0 Å². The van der Waals surface area contributed by atoms with E-state index in [1.54, 1.807) is 24.5 Å². The number of hydrogen-bond donors (Lipinski definition) is 1. The summed E-state index contributed by atoms with van der Waals surface area (Å²) in [4.78, 5) is 25.6. The minimum absolute atomic E-state index is 0.173. The molecule has 0 fully saturated rings. The Bertz CT molecular complexity index is 1120. The molecule has 6 nitrogen and oxygen atoms in total. The molecule has 0 aliphatic carbocycles. The van der Waals surface area contributed by atoms with Gasteiger partial charge in [0, 0.05) is 16.6 Å². The minimum Gasteiger partial charge on any atom is -0.444 e. The minimum atomic E-state index is -1.04. The zero-order chi connectivity index (χ0) is 19.7. The molecule has 4 heterocycles.